The minimum absolute atomic E-state index is 0.613. The van der Waals surface area contributed by atoms with Crippen molar-refractivity contribution in [2.75, 3.05) is 19.0 Å². The van der Waals surface area contributed by atoms with E-state index in [1.165, 1.54) is 11.2 Å². The topological polar surface area (TPSA) is 32.0 Å². The van der Waals surface area contributed by atoms with E-state index in [9.17, 15) is 0 Å². The Kier molecular flexibility index (Phi) is 2.46. The van der Waals surface area contributed by atoms with Crippen molar-refractivity contribution in [3.8, 4) is 0 Å². The Morgan fingerprint density at radius 1 is 1.31 bits per heavy atom. The van der Waals surface area contributed by atoms with Gasteiger partial charge < -0.3 is 14.9 Å². The normalized spacial score (nSPS) is 10.8. The summed E-state index contributed by atoms with van der Waals surface area (Å²) in [6.07, 6.45) is 2.02. The molecule has 0 saturated heterocycles. The first-order valence-corrected chi connectivity index (χ1v) is 5.32. The van der Waals surface area contributed by atoms with E-state index in [1.54, 1.807) is 0 Å². The monoisotopic (exact) mass is 215 g/mol. The van der Waals surface area contributed by atoms with Crippen LogP contribution in [0.25, 0.3) is 10.9 Å². The van der Waals surface area contributed by atoms with Crippen molar-refractivity contribution in [3.05, 3.63) is 30.0 Å². The molecular formula is C13H17N3. The Morgan fingerprint density at radius 3 is 2.56 bits per heavy atom. The third-order valence-electron chi connectivity index (χ3n) is 2.89. The second kappa shape index (κ2) is 3.67. The molecule has 16 heavy (non-hydrogen) atoms. The summed E-state index contributed by atoms with van der Waals surface area (Å²) in [7, 11) is 6.08. The van der Waals surface area contributed by atoms with E-state index in [0.29, 0.717) is 5.71 Å². The predicted octanol–water partition coefficient (Wildman–Crippen LogP) is 2.63. The van der Waals surface area contributed by atoms with Gasteiger partial charge in [0.25, 0.3) is 0 Å². The summed E-state index contributed by atoms with van der Waals surface area (Å²) in [5.41, 5.74) is 3.97. The molecule has 0 bridgehead atoms. The smallest absolute Gasteiger partial charge is 0.0486 e. The number of benzene rings is 1. The lowest BCUT2D eigenvalue weighted by Crippen LogP contribution is -2.08. The number of anilines is 1. The van der Waals surface area contributed by atoms with Crippen LogP contribution in [-0.2, 0) is 7.05 Å². The molecule has 84 valence electrons. The Labute approximate surface area is 95.8 Å². The minimum atomic E-state index is 0.613. The molecule has 0 saturated carbocycles. The lowest BCUT2D eigenvalue weighted by atomic mass is 10.1. The second-order valence-electron chi connectivity index (χ2n) is 4.37. The van der Waals surface area contributed by atoms with Crippen LogP contribution < -0.4 is 4.90 Å². The van der Waals surface area contributed by atoms with Gasteiger partial charge in [-0.25, -0.2) is 0 Å². The zero-order chi connectivity index (χ0) is 11.9. The van der Waals surface area contributed by atoms with Crippen LogP contribution in [0, 0.1) is 5.41 Å². The third-order valence-corrected chi connectivity index (χ3v) is 2.89. The molecule has 0 amide bonds. The Morgan fingerprint density at radius 2 is 2.00 bits per heavy atom. The molecular weight excluding hydrogens is 198 g/mol. The van der Waals surface area contributed by atoms with Gasteiger partial charge in [0.15, 0.2) is 0 Å². The molecule has 2 rings (SSSR count). The van der Waals surface area contributed by atoms with Crippen molar-refractivity contribution in [1.82, 2.24) is 4.57 Å². The third kappa shape index (κ3) is 1.58. The Hall–Kier alpha value is -1.77. The highest BCUT2D eigenvalue weighted by Gasteiger charge is 2.09. The fraction of sp³-hybridized carbons (Fsp3) is 0.308. The molecule has 0 atom stereocenters. The van der Waals surface area contributed by atoms with E-state index >= 15 is 0 Å². The fourth-order valence-corrected chi connectivity index (χ4v) is 1.96. The van der Waals surface area contributed by atoms with Gasteiger partial charge >= 0.3 is 0 Å². The summed E-state index contributed by atoms with van der Waals surface area (Å²) < 4.78 is 2.07. The summed E-state index contributed by atoms with van der Waals surface area (Å²) in [6.45, 7) is 1.83. The second-order valence-corrected chi connectivity index (χ2v) is 4.37. The highest BCUT2D eigenvalue weighted by Crippen LogP contribution is 2.25. The number of aromatic nitrogens is 1. The SMILES string of the molecule is CC(=N)c1cn(C)c2ccc(N(C)C)cc12. The van der Waals surface area contributed by atoms with Crippen molar-refractivity contribution >= 4 is 22.3 Å². The van der Waals surface area contributed by atoms with E-state index in [4.69, 9.17) is 5.41 Å². The van der Waals surface area contributed by atoms with Crippen molar-refractivity contribution in [2.24, 2.45) is 7.05 Å². The summed E-state index contributed by atoms with van der Waals surface area (Å²) >= 11 is 0. The standard InChI is InChI=1S/C13H17N3/c1-9(14)12-8-16(4)13-6-5-10(15(2)3)7-11(12)13/h5-8,14H,1-4H3. The number of hydrogen-bond acceptors (Lipinski definition) is 2. The molecule has 0 aliphatic carbocycles. The molecule has 2 aromatic rings. The van der Waals surface area contributed by atoms with Crippen LogP contribution in [0.15, 0.2) is 24.4 Å². The van der Waals surface area contributed by atoms with Crippen LogP contribution in [-0.4, -0.2) is 24.4 Å². The highest BCUT2D eigenvalue weighted by molar-refractivity contribution is 6.08. The molecule has 1 aromatic carbocycles. The lowest BCUT2D eigenvalue weighted by Gasteiger charge is -2.12. The van der Waals surface area contributed by atoms with Crippen LogP contribution in [0.3, 0.4) is 0 Å². The quantitative estimate of drug-likeness (QED) is 0.767. The van der Waals surface area contributed by atoms with Gasteiger partial charge in [0.05, 0.1) is 0 Å². The predicted molar refractivity (Wildman–Crippen MR) is 69.7 cm³/mol. The van der Waals surface area contributed by atoms with Crippen molar-refractivity contribution in [2.45, 2.75) is 6.92 Å². The molecule has 1 N–H and O–H groups in total. The molecule has 0 aliphatic heterocycles. The number of hydrogen-bond donors (Lipinski definition) is 1. The van der Waals surface area contributed by atoms with Gasteiger partial charge in [-0.2, -0.15) is 0 Å². The van der Waals surface area contributed by atoms with Crippen molar-refractivity contribution < 1.29 is 0 Å². The van der Waals surface area contributed by atoms with E-state index < -0.39 is 0 Å². The molecule has 0 aliphatic rings. The molecule has 0 radical (unpaired) electrons. The molecule has 0 spiro atoms. The summed E-state index contributed by atoms with van der Waals surface area (Å²) in [5.74, 6) is 0. The number of rotatable bonds is 2. The van der Waals surface area contributed by atoms with Crippen LogP contribution in [0.2, 0.25) is 0 Å². The van der Waals surface area contributed by atoms with Crippen LogP contribution in [0.5, 0.6) is 0 Å². The van der Waals surface area contributed by atoms with Gasteiger partial charge in [-0.05, 0) is 25.1 Å². The molecule has 0 fully saturated rings. The van der Waals surface area contributed by atoms with Gasteiger partial charge in [0, 0.05) is 55.2 Å². The van der Waals surface area contributed by atoms with Gasteiger partial charge in [-0.3, -0.25) is 0 Å². The van der Waals surface area contributed by atoms with Gasteiger partial charge in [0.2, 0.25) is 0 Å². The maximum absolute atomic E-state index is 7.78. The first-order chi connectivity index (χ1) is 7.50. The average Bonchev–Trinajstić information content (AvgIpc) is 2.56. The largest absolute Gasteiger partial charge is 0.378 e. The Balaban J connectivity index is 2.74. The van der Waals surface area contributed by atoms with E-state index in [1.807, 2.05) is 34.3 Å². The summed E-state index contributed by atoms with van der Waals surface area (Å²) in [5, 5.41) is 8.94. The van der Waals surface area contributed by atoms with E-state index in [0.717, 1.165) is 10.9 Å². The lowest BCUT2D eigenvalue weighted by molar-refractivity contribution is 0.967. The Bertz CT molecular complexity index is 550. The zero-order valence-corrected chi connectivity index (χ0v) is 10.2. The van der Waals surface area contributed by atoms with E-state index in [2.05, 4.69) is 27.7 Å². The van der Waals surface area contributed by atoms with Gasteiger partial charge in [-0.15, -0.1) is 0 Å². The summed E-state index contributed by atoms with van der Waals surface area (Å²) in [4.78, 5) is 2.08. The highest BCUT2D eigenvalue weighted by atomic mass is 15.1. The van der Waals surface area contributed by atoms with Crippen LogP contribution in [0.1, 0.15) is 12.5 Å². The molecule has 0 unspecified atom stereocenters. The van der Waals surface area contributed by atoms with Gasteiger partial charge in [0.1, 0.15) is 0 Å². The average molecular weight is 215 g/mol. The molecule has 3 nitrogen and oxygen atoms in total. The van der Waals surface area contributed by atoms with Crippen molar-refractivity contribution in [3.63, 3.8) is 0 Å². The fourth-order valence-electron chi connectivity index (χ4n) is 1.96. The van der Waals surface area contributed by atoms with E-state index in [-0.39, 0.29) is 0 Å². The maximum Gasteiger partial charge on any atom is 0.0486 e. The first-order valence-electron chi connectivity index (χ1n) is 5.32. The zero-order valence-electron chi connectivity index (χ0n) is 10.2. The summed E-state index contributed by atoms with van der Waals surface area (Å²) in [6, 6.07) is 6.35. The van der Waals surface area contributed by atoms with Gasteiger partial charge in [-0.1, -0.05) is 0 Å². The molecule has 1 aromatic heterocycles. The molecule has 1 heterocycles. The molecule has 3 heteroatoms. The van der Waals surface area contributed by atoms with Crippen molar-refractivity contribution in [1.29, 1.82) is 5.41 Å². The number of nitrogens with zero attached hydrogens (tertiary/aromatic N) is 2. The maximum atomic E-state index is 7.78. The van der Waals surface area contributed by atoms with Crippen LogP contribution in [0.4, 0.5) is 5.69 Å². The number of nitrogens with one attached hydrogen (secondary N) is 1. The number of fused-ring (bicyclic) bond motifs is 1. The van der Waals surface area contributed by atoms with Crippen LogP contribution >= 0.6 is 0 Å². The first kappa shape index (κ1) is 10.7. The minimum Gasteiger partial charge on any atom is -0.378 e. The number of aryl methyl sites for hydroxylation is 1.